The molecule has 0 aliphatic carbocycles. The van der Waals surface area contributed by atoms with Crippen molar-refractivity contribution in [3.05, 3.63) is 29.8 Å². The Morgan fingerprint density at radius 3 is 2.48 bits per heavy atom. The molecule has 1 N–H and O–H groups in total. The summed E-state index contributed by atoms with van der Waals surface area (Å²) in [5.74, 6) is 0.156. The fourth-order valence-electron chi connectivity index (χ4n) is 2.33. The average Bonchev–Trinajstić information content (AvgIpc) is 2.53. The fraction of sp³-hybridized carbons (Fsp3) is 0.562. The molecule has 1 aromatic rings. The lowest BCUT2D eigenvalue weighted by Gasteiger charge is -2.29. The lowest BCUT2D eigenvalue weighted by Crippen LogP contribution is -2.49. The first-order valence-corrected chi connectivity index (χ1v) is 7.44. The maximum absolute atomic E-state index is 12.3. The van der Waals surface area contributed by atoms with E-state index in [1.165, 1.54) is 11.3 Å². The van der Waals surface area contributed by atoms with Crippen LogP contribution in [0, 0.1) is 0 Å². The van der Waals surface area contributed by atoms with E-state index >= 15 is 0 Å². The number of rotatable bonds is 5. The van der Waals surface area contributed by atoms with Gasteiger partial charge >= 0.3 is 0 Å². The van der Waals surface area contributed by atoms with Crippen LogP contribution in [0.1, 0.15) is 12.5 Å². The highest BCUT2D eigenvalue weighted by atomic mass is 16.5. The van der Waals surface area contributed by atoms with Gasteiger partial charge in [0, 0.05) is 39.4 Å². The van der Waals surface area contributed by atoms with Crippen LogP contribution in [0.5, 0.6) is 0 Å². The number of anilines is 1. The molecule has 2 rings (SSSR count). The molecule has 0 aromatic heterocycles. The summed E-state index contributed by atoms with van der Waals surface area (Å²) in [7, 11) is 4.05. The van der Waals surface area contributed by atoms with Crippen molar-refractivity contribution in [3.63, 3.8) is 0 Å². The fourth-order valence-corrected chi connectivity index (χ4v) is 2.33. The Kier molecular flexibility index (Phi) is 5.59. The topological polar surface area (TPSA) is 44.8 Å². The van der Waals surface area contributed by atoms with Crippen molar-refractivity contribution in [1.82, 2.24) is 10.2 Å². The second-order valence-electron chi connectivity index (χ2n) is 5.60. The predicted molar refractivity (Wildman–Crippen MR) is 84.5 cm³/mol. The molecule has 1 heterocycles. The monoisotopic (exact) mass is 291 g/mol. The first-order chi connectivity index (χ1) is 10.1. The lowest BCUT2D eigenvalue weighted by molar-refractivity contribution is -0.137. The minimum Gasteiger partial charge on any atom is -0.378 e. The number of amides is 1. The molecule has 1 fully saturated rings. The summed E-state index contributed by atoms with van der Waals surface area (Å²) >= 11 is 0. The van der Waals surface area contributed by atoms with Crippen molar-refractivity contribution in [2.24, 2.45) is 0 Å². The van der Waals surface area contributed by atoms with Gasteiger partial charge in [-0.05, 0) is 24.6 Å². The van der Waals surface area contributed by atoms with Gasteiger partial charge in [-0.15, -0.1) is 0 Å². The van der Waals surface area contributed by atoms with Gasteiger partial charge in [-0.1, -0.05) is 12.1 Å². The van der Waals surface area contributed by atoms with Crippen molar-refractivity contribution in [3.8, 4) is 0 Å². The SMILES string of the molecule is CC(NCc1ccc(N(C)C)cc1)C(=O)N1CCOCC1. The Hall–Kier alpha value is -1.59. The van der Waals surface area contributed by atoms with Crippen molar-refractivity contribution in [2.75, 3.05) is 45.3 Å². The molecule has 1 atom stereocenters. The van der Waals surface area contributed by atoms with E-state index in [2.05, 4.69) is 34.5 Å². The second kappa shape index (κ2) is 7.43. The minimum absolute atomic E-state index is 0.156. The molecule has 5 heteroatoms. The Morgan fingerprint density at radius 1 is 1.29 bits per heavy atom. The zero-order valence-electron chi connectivity index (χ0n) is 13.1. The number of ether oxygens (including phenoxy) is 1. The van der Waals surface area contributed by atoms with Crippen molar-refractivity contribution < 1.29 is 9.53 Å². The van der Waals surface area contributed by atoms with Crippen LogP contribution in [0.25, 0.3) is 0 Å². The average molecular weight is 291 g/mol. The number of nitrogens with one attached hydrogen (secondary N) is 1. The number of hydrogen-bond acceptors (Lipinski definition) is 4. The van der Waals surface area contributed by atoms with Crippen LogP contribution in [-0.4, -0.2) is 57.2 Å². The van der Waals surface area contributed by atoms with Crippen LogP contribution in [0.15, 0.2) is 24.3 Å². The Morgan fingerprint density at radius 2 is 1.90 bits per heavy atom. The van der Waals surface area contributed by atoms with E-state index in [9.17, 15) is 4.79 Å². The summed E-state index contributed by atoms with van der Waals surface area (Å²) in [6.07, 6.45) is 0. The highest BCUT2D eigenvalue weighted by Crippen LogP contribution is 2.12. The van der Waals surface area contributed by atoms with E-state index < -0.39 is 0 Å². The Labute approximate surface area is 126 Å². The number of hydrogen-bond donors (Lipinski definition) is 1. The van der Waals surface area contributed by atoms with E-state index in [1.54, 1.807) is 0 Å². The van der Waals surface area contributed by atoms with Gasteiger partial charge in [0.15, 0.2) is 0 Å². The summed E-state index contributed by atoms with van der Waals surface area (Å²) in [6.45, 7) is 5.30. The molecule has 0 spiro atoms. The minimum atomic E-state index is -0.170. The molecule has 1 amide bonds. The molecule has 0 radical (unpaired) electrons. The molecule has 5 nitrogen and oxygen atoms in total. The van der Waals surface area contributed by atoms with Gasteiger partial charge in [-0.3, -0.25) is 4.79 Å². The third-order valence-electron chi connectivity index (χ3n) is 3.76. The standard InChI is InChI=1S/C16H25N3O2/c1-13(16(20)19-8-10-21-11-9-19)17-12-14-4-6-15(7-5-14)18(2)3/h4-7,13,17H,8-12H2,1-3H3. The summed E-state index contributed by atoms with van der Waals surface area (Å²) in [4.78, 5) is 16.2. The van der Waals surface area contributed by atoms with E-state index in [-0.39, 0.29) is 11.9 Å². The van der Waals surface area contributed by atoms with Crippen LogP contribution >= 0.6 is 0 Å². The van der Waals surface area contributed by atoms with Crippen LogP contribution in [0.4, 0.5) is 5.69 Å². The van der Waals surface area contributed by atoms with Gasteiger partial charge < -0.3 is 19.9 Å². The first kappa shape index (κ1) is 15.8. The van der Waals surface area contributed by atoms with Crippen molar-refractivity contribution in [2.45, 2.75) is 19.5 Å². The zero-order valence-corrected chi connectivity index (χ0v) is 13.1. The number of carbonyl (C=O) groups excluding carboxylic acids is 1. The summed E-state index contributed by atoms with van der Waals surface area (Å²) in [6, 6.07) is 8.19. The van der Waals surface area contributed by atoms with Gasteiger partial charge in [0.1, 0.15) is 0 Å². The van der Waals surface area contributed by atoms with Gasteiger partial charge in [0.05, 0.1) is 19.3 Å². The van der Waals surface area contributed by atoms with Gasteiger partial charge in [0.2, 0.25) is 5.91 Å². The number of morpholine rings is 1. The summed E-state index contributed by atoms with van der Waals surface area (Å²) in [5, 5.41) is 3.30. The third-order valence-corrected chi connectivity index (χ3v) is 3.76. The van der Waals surface area contributed by atoms with Crippen LogP contribution < -0.4 is 10.2 Å². The highest BCUT2D eigenvalue weighted by Gasteiger charge is 2.21. The Balaban J connectivity index is 1.82. The highest BCUT2D eigenvalue weighted by molar-refractivity contribution is 5.81. The molecule has 21 heavy (non-hydrogen) atoms. The maximum atomic E-state index is 12.3. The van der Waals surface area contributed by atoms with Crippen LogP contribution in [0.3, 0.4) is 0 Å². The quantitative estimate of drug-likeness (QED) is 0.882. The van der Waals surface area contributed by atoms with Crippen LogP contribution in [-0.2, 0) is 16.1 Å². The molecule has 0 bridgehead atoms. The Bertz CT molecular complexity index is 453. The van der Waals surface area contributed by atoms with Gasteiger partial charge in [-0.2, -0.15) is 0 Å². The molecule has 1 unspecified atom stereocenters. The van der Waals surface area contributed by atoms with Crippen molar-refractivity contribution >= 4 is 11.6 Å². The van der Waals surface area contributed by atoms with E-state index in [4.69, 9.17) is 4.74 Å². The number of carbonyl (C=O) groups is 1. The smallest absolute Gasteiger partial charge is 0.239 e. The van der Waals surface area contributed by atoms with E-state index in [1.807, 2.05) is 25.9 Å². The molecule has 1 aliphatic heterocycles. The maximum Gasteiger partial charge on any atom is 0.239 e. The largest absolute Gasteiger partial charge is 0.378 e. The molecular formula is C16H25N3O2. The normalized spacial score (nSPS) is 16.6. The third kappa shape index (κ3) is 4.44. The molecule has 1 aromatic carbocycles. The molecule has 0 saturated carbocycles. The summed E-state index contributed by atoms with van der Waals surface area (Å²) in [5.41, 5.74) is 2.36. The lowest BCUT2D eigenvalue weighted by atomic mass is 10.2. The zero-order chi connectivity index (χ0) is 15.2. The van der Waals surface area contributed by atoms with Crippen molar-refractivity contribution in [1.29, 1.82) is 0 Å². The second-order valence-corrected chi connectivity index (χ2v) is 5.60. The van der Waals surface area contributed by atoms with Gasteiger partial charge in [-0.25, -0.2) is 0 Å². The predicted octanol–water partition coefficient (Wildman–Crippen LogP) is 1.09. The van der Waals surface area contributed by atoms with E-state index in [0.717, 1.165) is 0 Å². The molecular weight excluding hydrogens is 266 g/mol. The number of benzene rings is 1. The first-order valence-electron chi connectivity index (χ1n) is 7.44. The van der Waals surface area contributed by atoms with E-state index in [0.29, 0.717) is 32.8 Å². The molecule has 1 saturated heterocycles. The number of nitrogens with zero attached hydrogens (tertiary/aromatic N) is 2. The molecule has 116 valence electrons. The van der Waals surface area contributed by atoms with Crippen LogP contribution in [0.2, 0.25) is 0 Å². The van der Waals surface area contributed by atoms with Gasteiger partial charge in [0.25, 0.3) is 0 Å². The molecule has 1 aliphatic rings. The summed E-state index contributed by atoms with van der Waals surface area (Å²) < 4.78 is 5.27.